The van der Waals surface area contributed by atoms with Gasteiger partial charge in [-0.15, -0.1) is 0 Å². The highest BCUT2D eigenvalue weighted by Gasteiger charge is 2.35. The molecule has 232 valence electrons. The van der Waals surface area contributed by atoms with Crippen LogP contribution in [0.25, 0.3) is 21.8 Å². The van der Waals surface area contributed by atoms with E-state index in [0.717, 1.165) is 55.4 Å². The van der Waals surface area contributed by atoms with Crippen LogP contribution in [0.4, 0.5) is 0 Å². The topological polar surface area (TPSA) is 130 Å². The molecule has 0 amide bonds. The summed E-state index contributed by atoms with van der Waals surface area (Å²) in [5.41, 5.74) is 8.20. The maximum absolute atomic E-state index is 11.6. The highest BCUT2D eigenvalue weighted by atomic mass is 35.5. The van der Waals surface area contributed by atoms with Gasteiger partial charge >= 0.3 is 11.9 Å². The molecule has 8 rings (SSSR count). The zero-order valence-electron chi connectivity index (χ0n) is 24.4. The molecule has 6 N–H and O–H groups in total. The third-order valence-electron chi connectivity index (χ3n) is 8.80. The molecule has 4 aromatic carbocycles. The SMILES string of the molecule is O=C(O)C1Cc2c([nH]c3ccccc23)C(c2ccc(Cl)cc2)N1.O=C(O)C1Cc2c([nH]c3ccccc23)C(c2cccc(Cl)c2)N1. The molecule has 6 aromatic rings. The minimum atomic E-state index is -0.840. The molecule has 8 nitrogen and oxygen atoms in total. The Morgan fingerprint density at radius 2 is 1.09 bits per heavy atom. The van der Waals surface area contributed by atoms with E-state index in [1.54, 1.807) is 0 Å². The van der Waals surface area contributed by atoms with Gasteiger partial charge < -0.3 is 20.2 Å². The van der Waals surface area contributed by atoms with Crippen molar-refractivity contribution >= 4 is 56.9 Å². The number of carbonyl (C=O) groups is 2. The number of aromatic amines is 2. The molecule has 0 bridgehead atoms. The molecule has 4 atom stereocenters. The second-order valence-corrected chi connectivity index (χ2v) is 12.5. The van der Waals surface area contributed by atoms with Crippen LogP contribution >= 0.6 is 23.2 Å². The van der Waals surface area contributed by atoms with Crippen LogP contribution in [0.2, 0.25) is 10.0 Å². The van der Waals surface area contributed by atoms with Crippen molar-refractivity contribution in [1.29, 1.82) is 0 Å². The fourth-order valence-electron chi connectivity index (χ4n) is 6.65. The van der Waals surface area contributed by atoms with Crippen molar-refractivity contribution in [3.8, 4) is 0 Å². The van der Waals surface area contributed by atoms with E-state index in [-0.39, 0.29) is 12.1 Å². The van der Waals surface area contributed by atoms with Crippen molar-refractivity contribution in [2.45, 2.75) is 37.0 Å². The third-order valence-corrected chi connectivity index (χ3v) is 9.29. The summed E-state index contributed by atoms with van der Waals surface area (Å²) < 4.78 is 0. The molecule has 2 aliphatic heterocycles. The first kappa shape index (κ1) is 30.1. The number of nitrogens with one attached hydrogen (secondary N) is 4. The Labute approximate surface area is 274 Å². The smallest absolute Gasteiger partial charge is 0.321 e. The molecule has 0 saturated heterocycles. The van der Waals surface area contributed by atoms with Gasteiger partial charge in [0.05, 0.1) is 12.1 Å². The zero-order valence-corrected chi connectivity index (χ0v) is 25.9. The molecule has 0 radical (unpaired) electrons. The number of hydrogen-bond acceptors (Lipinski definition) is 4. The van der Waals surface area contributed by atoms with Gasteiger partial charge in [0.1, 0.15) is 12.1 Å². The maximum Gasteiger partial charge on any atom is 0.321 e. The lowest BCUT2D eigenvalue weighted by Crippen LogP contribution is -2.44. The fraction of sp³-hybridized carbons (Fsp3) is 0.167. The molecular weight excluding hydrogens is 623 g/mol. The van der Waals surface area contributed by atoms with Crippen molar-refractivity contribution in [3.63, 3.8) is 0 Å². The lowest BCUT2D eigenvalue weighted by Gasteiger charge is -2.29. The highest BCUT2D eigenvalue weighted by molar-refractivity contribution is 6.30. The van der Waals surface area contributed by atoms with Crippen molar-refractivity contribution in [1.82, 2.24) is 20.6 Å². The average molecular weight is 654 g/mol. The van der Waals surface area contributed by atoms with E-state index in [4.69, 9.17) is 23.2 Å². The Hall–Kier alpha value is -4.60. The molecular formula is C36H30Cl2N4O4. The van der Waals surface area contributed by atoms with Gasteiger partial charge in [0.15, 0.2) is 0 Å². The quantitative estimate of drug-likeness (QED) is 0.121. The molecule has 0 spiro atoms. The van der Waals surface area contributed by atoms with Crippen LogP contribution in [0.3, 0.4) is 0 Å². The standard InChI is InChI=1S/2C18H15ClN2O2/c19-11-5-3-4-10(8-11)16-17-13(9-15(21-16)18(22)23)12-6-1-2-7-14(12)20-17;19-11-7-5-10(6-8-11)16-17-13(9-15(21-16)18(22)23)12-3-1-2-4-14(12)20-17/h2*1-8,15-16,20-21H,9H2,(H,22,23). The number of para-hydroxylation sites is 2. The number of hydrogen-bond donors (Lipinski definition) is 6. The summed E-state index contributed by atoms with van der Waals surface area (Å²) in [5, 5.41) is 28.9. The zero-order chi connectivity index (χ0) is 31.9. The van der Waals surface area contributed by atoms with Gasteiger partial charge in [-0.1, -0.05) is 83.9 Å². The van der Waals surface area contributed by atoms with Gasteiger partial charge in [-0.25, -0.2) is 0 Å². The molecule has 0 saturated carbocycles. The number of carboxylic acids is 2. The van der Waals surface area contributed by atoms with Crippen molar-refractivity contribution < 1.29 is 19.8 Å². The number of fused-ring (bicyclic) bond motifs is 6. The second kappa shape index (κ2) is 12.3. The van der Waals surface area contributed by atoms with E-state index in [1.807, 2.05) is 97.1 Å². The summed E-state index contributed by atoms with van der Waals surface area (Å²) in [6.07, 6.45) is 0.935. The summed E-state index contributed by atoms with van der Waals surface area (Å²) >= 11 is 12.1. The fourth-order valence-corrected chi connectivity index (χ4v) is 6.98. The molecule has 2 aliphatic rings. The van der Waals surface area contributed by atoms with Crippen LogP contribution in [-0.2, 0) is 22.4 Å². The van der Waals surface area contributed by atoms with Crippen LogP contribution in [0.15, 0.2) is 97.1 Å². The van der Waals surface area contributed by atoms with Crippen molar-refractivity contribution in [2.75, 3.05) is 0 Å². The Morgan fingerprint density at radius 3 is 1.59 bits per heavy atom. The predicted molar refractivity (Wildman–Crippen MR) is 180 cm³/mol. The number of halogens is 2. The second-order valence-electron chi connectivity index (χ2n) is 11.6. The summed E-state index contributed by atoms with van der Waals surface area (Å²) in [4.78, 5) is 30.0. The lowest BCUT2D eigenvalue weighted by molar-refractivity contribution is -0.140. The maximum atomic E-state index is 11.6. The molecule has 2 aromatic heterocycles. The number of rotatable bonds is 4. The van der Waals surface area contributed by atoms with Gasteiger partial charge in [-0.05, 0) is 58.7 Å². The Bertz CT molecular complexity index is 2090. The Balaban J connectivity index is 0.000000147. The van der Waals surface area contributed by atoms with Crippen LogP contribution in [0, 0.1) is 0 Å². The van der Waals surface area contributed by atoms with E-state index in [9.17, 15) is 19.8 Å². The van der Waals surface area contributed by atoms with Gasteiger partial charge in [0.25, 0.3) is 0 Å². The van der Waals surface area contributed by atoms with Gasteiger partial charge in [-0.2, -0.15) is 0 Å². The van der Waals surface area contributed by atoms with E-state index < -0.39 is 24.0 Å². The number of aliphatic carboxylic acids is 2. The molecule has 0 fully saturated rings. The van der Waals surface area contributed by atoms with E-state index >= 15 is 0 Å². The largest absolute Gasteiger partial charge is 0.480 e. The minimum absolute atomic E-state index is 0.190. The van der Waals surface area contributed by atoms with E-state index in [2.05, 4.69) is 20.6 Å². The first-order chi connectivity index (χ1) is 22.3. The van der Waals surface area contributed by atoms with Gasteiger partial charge in [0, 0.05) is 56.1 Å². The van der Waals surface area contributed by atoms with Crippen molar-refractivity contribution in [3.05, 3.63) is 141 Å². The number of aromatic nitrogens is 2. The third kappa shape index (κ3) is 5.65. The van der Waals surface area contributed by atoms with Crippen LogP contribution < -0.4 is 10.6 Å². The number of benzene rings is 4. The molecule has 0 aliphatic carbocycles. The first-order valence-corrected chi connectivity index (χ1v) is 15.7. The summed E-state index contributed by atoms with van der Waals surface area (Å²) in [7, 11) is 0. The highest BCUT2D eigenvalue weighted by Crippen LogP contribution is 2.37. The molecule has 4 unspecified atom stereocenters. The molecule has 10 heteroatoms. The minimum Gasteiger partial charge on any atom is -0.480 e. The lowest BCUT2D eigenvalue weighted by atomic mass is 9.90. The Morgan fingerprint density at radius 1 is 0.587 bits per heavy atom. The van der Waals surface area contributed by atoms with Crippen LogP contribution in [0.1, 0.15) is 45.7 Å². The summed E-state index contributed by atoms with van der Waals surface area (Å²) in [6.45, 7) is 0. The van der Waals surface area contributed by atoms with Crippen molar-refractivity contribution in [2.24, 2.45) is 0 Å². The summed E-state index contributed by atoms with van der Waals surface area (Å²) in [6, 6.07) is 29.4. The Kier molecular flexibility index (Phi) is 8.04. The van der Waals surface area contributed by atoms with Gasteiger partial charge in [-0.3, -0.25) is 20.2 Å². The number of H-pyrrole nitrogens is 2. The first-order valence-electron chi connectivity index (χ1n) is 14.9. The van der Waals surface area contributed by atoms with Crippen LogP contribution in [-0.4, -0.2) is 44.2 Å². The van der Waals surface area contributed by atoms with E-state index in [0.29, 0.717) is 22.9 Å². The molecule has 4 heterocycles. The average Bonchev–Trinajstić information content (AvgIpc) is 3.63. The normalized spacial score (nSPS) is 20.4. The van der Waals surface area contributed by atoms with E-state index in [1.165, 1.54) is 0 Å². The predicted octanol–water partition coefficient (Wildman–Crippen LogP) is 7.02. The monoisotopic (exact) mass is 652 g/mol. The van der Waals surface area contributed by atoms with Crippen LogP contribution in [0.5, 0.6) is 0 Å². The van der Waals surface area contributed by atoms with Gasteiger partial charge in [0.2, 0.25) is 0 Å². The summed E-state index contributed by atoms with van der Waals surface area (Å²) in [5.74, 6) is -1.67. The molecule has 46 heavy (non-hydrogen) atoms. The number of carboxylic acid groups (broad SMARTS) is 2.